The van der Waals surface area contributed by atoms with Crippen molar-refractivity contribution < 1.29 is 9.53 Å². The highest BCUT2D eigenvalue weighted by Crippen LogP contribution is 2.10. The van der Waals surface area contributed by atoms with Crippen molar-refractivity contribution in [3.8, 4) is 6.07 Å². The van der Waals surface area contributed by atoms with Crippen molar-refractivity contribution >= 4 is 12.0 Å². The molecule has 3 nitrogen and oxygen atoms in total. The van der Waals surface area contributed by atoms with Crippen LogP contribution in [0, 0.1) is 11.3 Å². The average Bonchev–Trinajstić information content (AvgIpc) is 2.42. The van der Waals surface area contributed by atoms with Crippen molar-refractivity contribution in [3.05, 3.63) is 53.6 Å². The van der Waals surface area contributed by atoms with E-state index in [1.54, 1.807) is 0 Å². The van der Waals surface area contributed by atoms with Gasteiger partial charge in [-0.15, -0.1) is 0 Å². The van der Waals surface area contributed by atoms with Gasteiger partial charge in [-0.1, -0.05) is 43.8 Å². The van der Waals surface area contributed by atoms with Crippen LogP contribution in [0.25, 0.3) is 6.08 Å². The Bertz CT molecular complexity index is 492. The number of rotatable bonds is 5. The van der Waals surface area contributed by atoms with Gasteiger partial charge >= 0.3 is 5.97 Å². The molecule has 0 atom stereocenters. The molecule has 0 radical (unpaired) electrons. The van der Waals surface area contributed by atoms with Crippen LogP contribution in [0.5, 0.6) is 0 Å². The first-order chi connectivity index (χ1) is 8.71. The molecule has 0 N–H and O–H groups in total. The van der Waals surface area contributed by atoms with E-state index >= 15 is 0 Å². The molecule has 18 heavy (non-hydrogen) atoms. The van der Waals surface area contributed by atoms with Gasteiger partial charge in [-0.3, -0.25) is 0 Å². The maximum absolute atomic E-state index is 11.5. The lowest BCUT2D eigenvalue weighted by atomic mass is 10.1. The zero-order valence-corrected chi connectivity index (χ0v) is 10.3. The lowest BCUT2D eigenvalue weighted by Crippen LogP contribution is -2.06. The second kappa shape index (κ2) is 7.08. The lowest BCUT2D eigenvalue weighted by molar-refractivity contribution is -0.137. The summed E-state index contributed by atoms with van der Waals surface area (Å²) in [7, 11) is 0. The van der Waals surface area contributed by atoms with Crippen molar-refractivity contribution in [2.75, 3.05) is 6.61 Å². The molecule has 0 aromatic heterocycles. The minimum Gasteiger partial charge on any atom is -0.457 e. The highest BCUT2D eigenvalue weighted by atomic mass is 16.5. The zero-order chi connectivity index (χ0) is 13.4. The number of hydrogen-bond donors (Lipinski definition) is 0. The van der Waals surface area contributed by atoms with E-state index in [4.69, 9.17) is 10.00 Å². The molecule has 0 spiro atoms. The number of ether oxygens (including phenoxy) is 1. The summed E-state index contributed by atoms with van der Waals surface area (Å²) >= 11 is 0. The van der Waals surface area contributed by atoms with Crippen LogP contribution in [0.3, 0.4) is 0 Å². The van der Waals surface area contributed by atoms with Gasteiger partial charge in [0.15, 0.2) is 0 Å². The van der Waals surface area contributed by atoms with E-state index in [0.717, 1.165) is 12.0 Å². The Labute approximate surface area is 107 Å². The van der Waals surface area contributed by atoms with Gasteiger partial charge in [0.05, 0.1) is 0 Å². The molecule has 0 heterocycles. The maximum Gasteiger partial charge on any atom is 0.349 e. The molecule has 0 unspecified atom stereocenters. The number of carbonyl (C=O) groups is 1. The Morgan fingerprint density at radius 2 is 2.11 bits per heavy atom. The van der Waals surface area contributed by atoms with Crippen LogP contribution < -0.4 is 0 Å². The molecule has 1 rings (SSSR count). The van der Waals surface area contributed by atoms with Crippen molar-refractivity contribution in [1.82, 2.24) is 0 Å². The number of hydrogen-bond acceptors (Lipinski definition) is 3. The Morgan fingerprint density at radius 3 is 2.61 bits per heavy atom. The Morgan fingerprint density at radius 1 is 1.44 bits per heavy atom. The standard InChI is InChI=1S/C15H15NO2/c1-3-9-18-15(17)14(11-16)10-13-7-5-12(4-2)6-8-13/h3,5-8,10H,1,4,9H2,2H3. The molecule has 0 aliphatic heterocycles. The van der Waals surface area contributed by atoms with E-state index in [2.05, 4.69) is 13.5 Å². The molecule has 0 aliphatic carbocycles. The summed E-state index contributed by atoms with van der Waals surface area (Å²) in [6.07, 6.45) is 3.93. The first-order valence-electron chi connectivity index (χ1n) is 5.70. The van der Waals surface area contributed by atoms with Gasteiger partial charge in [-0.05, 0) is 23.6 Å². The summed E-state index contributed by atoms with van der Waals surface area (Å²) in [6.45, 7) is 5.61. The summed E-state index contributed by atoms with van der Waals surface area (Å²) in [4.78, 5) is 11.5. The third kappa shape index (κ3) is 3.91. The number of nitrogens with zero attached hydrogens (tertiary/aromatic N) is 1. The number of carbonyl (C=O) groups excluding carboxylic acids is 1. The molecule has 0 amide bonds. The fourth-order valence-electron chi connectivity index (χ4n) is 1.37. The van der Waals surface area contributed by atoms with Crippen molar-refractivity contribution in [3.63, 3.8) is 0 Å². The summed E-state index contributed by atoms with van der Waals surface area (Å²) in [5.41, 5.74) is 2.00. The first-order valence-corrected chi connectivity index (χ1v) is 5.70. The summed E-state index contributed by atoms with van der Waals surface area (Å²) in [5.74, 6) is -0.628. The highest BCUT2D eigenvalue weighted by Gasteiger charge is 2.09. The molecule has 92 valence electrons. The fourth-order valence-corrected chi connectivity index (χ4v) is 1.37. The molecule has 0 aliphatic rings. The Balaban J connectivity index is 2.86. The van der Waals surface area contributed by atoms with Gasteiger partial charge in [-0.2, -0.15) is 5.26 Å². The number of esters is 1. The minimum absolute atomic E-state index is 0.0129. The van der Waals surface area contributed by atoms with Gasteiger partial charge in [0.25, 0.3) is 0 Å². The maximum atomic E-state index is 11.5. The van der Waals surface area contributed by atoms with E-state index in [9.17, 15) is 4.79 Å². The molecule has 0 saturated heterocycles. The normalized spacial score (nSPS) is 10.6. The van der Waals surface area contributed by atoms with Gasteiger partial charge in [0.2, 0.25) is 0 Å². The molecule has 3 heteroatoms. The average molecular weight is 241 g/mol. The SMILES string of the molecule is C=CCOC(=O)C(C#N)=Cc1ccc(CC)cc1. The predicted octanol–water partition coefficient (Wildman–Crippen LogP) is 2.89. The molecule has 1 aromatic rings. The number of aryl methyl sites for hydroxylation is 1. The van der Waals surface area contributed by atoms with E-state index < -0.39 is 5.97 Å². The second-order valence-electron chi connectivity index (χ2n) is 3.65. The summed E-state index contributed by atoms with van der Waals surface area (Å²) < 4.78 is 4.81. The largest absolute Gasteiger partial charge is 0.457 e. The molecular formula is C15H15NO2. The Kier molecular flexibility index (Phi) is 5.40. The smallest absolute Gasteiger partial charge is 0.349 e. The van der Waals surface area contributed by atoms with Crippen LogP contribution in [0.15, 0.2) is 42.5 Å². The molecule has 0 saturated carbocycles. The molecular weight excluding hydrogens is 226 g/mol. The topological polar surface area (TPSA) is 50.1 Å². The van der Waals surface area contributed by atoms with E-state index in [0.29, 0.717) is 0 Å². The molecule has 0 fully saturated rings. The summed E-state index contributed by atoms with van der Waals surface area (Å²) in [5, 5.41) is 8.91. The minimum atomic E-state index is -0.628. The van der Waals surface area contributed by atoms with Gasteiger partial charge in [0.1, 0.15) is 18.2 Å². The van der Waals surface area contributed by atoms with E-state index in [1.165, 1.54) is 17.7 Å². The highest BCUT2D eigenvalue weighted by molar-refractivity contribution is 5.97. The van der Waals surface area contributed by atoms with Crippen LogP contribution in [0.1, 0.15) is 18.1 Å². The first kappa shape index (κ1) is 13.7. The van der Waals surface area contributed by atoms with Crippen molar-refractivity contribution in [1.29, 1.82) is 5.26 Å². The monoisotopic (exact) mass is 241 g/mol. The zero-order valence-electron chi connectivity index (χ0n) is 10.3. The van der Waals surface area contributed by atoms with Crippen LogP contribution in [-0.2, 0) is 16.0 Å². The lowest BCUT2D eigenvalue weighted by Gasteiger charge is -2.01. The van der Waals surface area contributed by atoms with Gasteiger partial charge in [0, 0.05) is 0 Å². The van der Waals surface area contributed by atoms with Crippen molar-refractivity contribution in [2.24, 2.45) is 0 Å². The van der Waals surface area contributed by atoms with Crippen LogP contribution in [0.2, 0.25) is 0 Å². The number of benzene rings is 1. The van der Waals surface area contributed by atoms with Crippen molar-refractivity contribution in [2.45, 2.75) is 13.3 Å². The van der Waals surface area contributed by atoms with Crippen LogP contribution >= 0.6 is 0 Å². The van der Waals surface area contributed by atoms with Crippen LogP contribution in [-0.4, -0.2) is 12.6 Å². The Hall–Kier alpha value is -2.34. The summed E-state index contributed by atoms with van der Waals surface area (Å²) in [6, 6.07) is 9.52. The molecule has 1 aromatic carbocycles. The predicted molar refractivity (Wildman–Crippen MR) is 70.6 cm³/mol. The molecule has 0 bridgehead atoms. The fraction of sp³-hybridized carbons (Fsp3) is 0.200. The van der Waals surface area contributed by atoms with Gasteiger partial charge in [-0.25, -0.2) is 4.79 Å². The van der Waals surface area contributed by atoms with Crippen LogP contribution in [0.4, 0.5) is 0 Å². The third-order valence-corrected chi connectivity index (χ3v) is 2.37. The third-order valence-electron chi connectivity index (χ3n) is 2.37. The second-order valence-corrected chi connectivity index (χ2v) is 3.65. The quantitative estimate of drug-likeness (QED) is 0.345. The van der Waals surface area contributed by atoms with E-state index in [-0.39, 0.29) is 12.2 Å². The van der Waals surface area contributed by atoms with Gasteiger partial charge < -0.3 is 4.74 Å². The van der Waals surface area contributed by atoms with E-state index in [1.807, 2.05) is 30.3 Å². The number of nitriles is 1.